The highest BCUT2D eigenvalue weighted by Crippen LogP contribution is 2.39. The van der Waals surface area contributed by atoms with Gasteiger partial charge in [0.15, 0.2) is 0 Å². The lowest BCUT2D eigenvalue weighted by molar-refractivity contribution is -0.118. The van der Waals surface area contributed by atoms with Crippen LogP contribution in [0.15, 0.2) is 0 Å². The summed E-state index contributed by atoms with van der Waals surface area (Å²) in [6.45, 7) is 2.41. The van der Waals surface area contributed by atoms with Crippen LogP contribution in [-0.2, 0) is 22.4 Å². The quantitative estimate of drug-likeness (QED) is 0.645. The van der Waals surface area contributed by atoms with Crippen LogP contribution < -0.4 is 10.6 Å². The van der Waals surface area contributed by atoms with Gasteiger partial charge in [-0.3, -0.25) is 14.5 Å². The Morgan fingerprint density at radius 3 is 2.77 bits per heavy atom. The van der Waals surface area contributed by atoms with E-state index in [1.807, 2.05) is 0 Å². The zero-order valence-corrected chi connectivity index (χ0v) is 19.0. The first-order valence-corrected chi connectivity index (χ1v) is 12.4. The van der Waals surface area contributed by atoms with Crippen molar-refractivity contribution in [2.24, 2.45) is 5.92 Å². The van der Waals surface area contributed by atoms with E-state index in [2.05, 4.69) is 15.5 Å². The van der Waals surface area contributed by atoms with E-state index in [9.17, 15) is 9.59 Å². The molecule has 1 aliphatic heterocycles. The van der Waals surface area contributed by atoms with E-state index in [1.165, 1.54) is 43.4 Å². The van der Waals surface area contributed by atoms with Crippen molar-refractivity contribution in [3.8, 4) is 0 Å². The predicted molar refractivity (Wildman–Crippen MR) is 120 cm³/mol. The molecular formula is C23H35N3O3S. The Kier molecular flexibility index (Phi) is 7.44. The maximum Gasteiger partial charge on any atom is 0.254 e. The summed E-state index contributed by atoms with van der Waals surface area (Å²) in [4.78, 5) is 29.6. The number of thiophene rings is 1. The van der Waals surface area contributed by atoms with Crippen LogP contribution in [0.3, 0.4) is 0 Å². The van der Waals surface area contributed by atoms with Crippen molar-refractivity contribution in [1.82, 2.24) is 10.2 Å². The number of nitrogens with one attached hydrogen (secondary N) is 2. The minimum Gasteiger partial charge on any atom is -0.383 e. The Balaban J connectivity index is 1.46. The lowest BCUT2D eigenvalue weighted by atomic mass is 9.78. The lowest BCUT2D eigenvalue weighted by Gasteiger charge is -2.43. The highest BCUT2D eigenvalue weighted by molar-refractivity contribution is 7.17. The van der Waals surface area contributed by atoms with Crippen LogP contribution in [0.1, 0.15) is 72.2 Å². The molecule has 0 unspecified atom stereocenters. The molecule has 6 nitrogen and oxygen atoms in total. The van der Waals surface area contributed by atoms with Crippen molar-refractivity contribution in [2.75, 3.05) is 38.7 Å². The highest BCUT2D eigenvalue weighted by Gasteiger charge is 2.34. The van der Waals surface area contributed by atoms with Gasteiger partial charge in [-0.15, -0.1) is 11.3 Å². The summed E-state index contributed by atoms with van der Waals surface area (Å²) < 4.78 is 5.06. The first kappa shape index (κ1) is 21.8. The van der Waals surface area contributed by atoms with Crippen LogP contribution in [0.5, 0.6) is 0 Å². The first-order valence-electron chi connectivity index (χ1n) is 11.6. The van der Waals surface area contributed by atoms with Gasteiger partial charge in [-0.05, 0) is 69.4 Å². The topological polar surface area (TPSA) is 70.7 Å². The van der Waals surface area contributed by atoms with E-state index in [-0.39, 0.29) is 11.8 Å². The summed E-state index contributed by atoms with van der Waals surface area (Å²) >= 11 is 1.60. The van der Waals surface area contributed by atoms with Gasteiger partial charge in [-0.2, -0.15) is 0 Å². The number of fused-ring (bicyclic) bond motifs is 2. The molecule has 0 spiro atoms. The Bertz CT molecular complexity index is 761. The summed E-state index contributed by atoms with van der Waals surface area (Å²) in [6.07, 6.45) is 11.8. The predicted octanol–water partition coefficient (Wildman–Crippen LogP) is 3.60. The number of rotatable bonds is 7. The summed E-state index contributed by atoms with van der Waals surface area (Å²) in [5, 5.41) is 6.81. The Morgan fingerprint density at radius 2 is 1.90 bits per heavy atom. The number of ether oxygens (including phenoxy) is 1. The van der Waals surface area contributed by atoms with Gasteiger partial charge in [0, 0.05) is 24.6 Å². The van der Waals surface area contributed by atoms with E-state index < -0.39 is 0 Å². The number of aryl methyl sites for hydroxylation is 1. The van der Waals surface area contributed by atoms with E-state index in [0.717, 1.165) is 48.7 Å². The minimum atomic E-state index is -0.0907. The van der Waals surface area contributed by atoms with E-state index >= 15 is 0 Å². The van der Waals surface area contributed by atoms with Gasteiger partial charge in [0.05, 0.1) is 18.7 Å². The van der Waals surface area contributed by atoms with Crippen LogP contribution >= 0.6 is 11.3 Å². The summed E-state index contributed by atoms with van der Waals surface area (Å²) in [5.41, 5.74) is 1.83. The van der Waals surface area contributed by atoms with Crippen LogP contribution in [0.2, 0.25) is 0 Å². The van der Waals surface area contributed by atoms with Crippen molar-refractivity contribution >= 4 is 28.2 Å². The van der Waals surface area contributed by atoms with Crippen LogP contribution in [-0.4, -0.2) is 56.1 Å². The number of hydrogen-bond acceptors (Lipinski definition) is 5. The summed E-state index contributed by atoms with van der Waals surface area (Å²) in [7, 11) is 1.63. The molecule has 0 aromatic carbocycles. The first-order chi connectivity index (χ1) is 14.7. The van der Waals surface area contributed by atoms with E-state index in [0.29, 0.717) is 31.3 Å². The number of piperidine rings is 1. The van der Waals surface area contributed by atoms with Crippen LogP contribution in [0.4, 0.5) is 5.00 Å². The van der Waals surface area contributed by atoms with Crippen molar-refractivity contribution in [3.05, 3.63) is 16.0 Å². The number of anilines is 1. The zero-order chi connectivity index (χ0) is 20.9. The largest absolute Gasteiger partial charge is 0.383 e. The lowest BCUT2D eigenvalue weighted by Crippen LogP contribution is -2.49. The molecular weight excluding hydrogens is 398 g/mol. The smallest absolute Gasteiger partial charge is 0.254 e. The Hall–Kier alpha value is -1.44. The van der Waals surface area contributed by atoms with Crippen molar-refractivity contribution in [3.63, 3.8) is 0 Å². The number of hydrogen-bond donors (Lipinski definition) is 2. The number of likely N-dealkylation sites (tertiary alicyclic amines) is 1. The number of methoxy groups -OCH3 is 1. The van der Waals surface area contributed by atoms with Crippen molar-refractivity contribution in [2.45, 2.75) is 70.3 Å². The fourth-order valence-electron chi connectivity index (χ4n) is 5.52. The van der Waals surface area contributed by atoms with Gasteiger partial charge in [0.2, 0.25) is 5.91 Å². The highest BCUT2D eigenvalue weighted by atomic mass is 32.1. The molecule has 0 radical (unpaired) electrons. The fourth-order valence-corrected chi connectivity index (χ4v) is 6.83. The van der Waals surface area contributed by atoms with E-state index in [1.54, 1.807) is 18.4 Å². The molecule has 3 aliphatic rings. The molecule has 1 aromatic rings. The molecule has 0 bridgehead atoms. The summed E-state index contributed by atoms with van der Waals surface area (Å²) in [5.74, 6) is 0.689. The molecule has 1 saturated heterocycles. The average Bonchev–Trinajstić information content (AvgIpc) is 3.12. The van der Waals surface area contributed by atoms with Gasteiger partial charge in [0.25, 0.3) is 5.91 Å². The number of nitrogens with zero attached hydrogens (tertiary/aromatic N) is 1. The molecule has 30 heavy (non-hydrogen) atoms. The fraction of sp³-hybridized carbons (Fsp3) is 0.739. The van der Waals surface area contributed by atoms with Gasteiger partial charge >= 0.3 is 0 Å². The van der Waals surface area contributed by atoms with Gasteiger partial charge in [-0.1, -0.05) is 12.8 Å². The van der Waals surface area contributed by atoms with E-state index in [4.69, 9.17) is 4.74 Å². The third kappa shape index (κ3) is 4.89. The molecule has 2 fully saturated rings. The standard InChI is InChI=1S/C23H35N3O3S/c1-29-14-12-24-22(28)21-17-9-3-5-11-19(17)30-23(21)25-20(27)15-26-13-6-8-16-7-2-4-10-18(16)26/h16,18H,2-15H2,1H3,(H,24,28)(H,25,27)/t16-,18+/m1/s1. The number of amides is 2. The Morgan fingerprint density at radius 1 is 1.10 bits per heavy atom. The molecule has 4 rings (SSSR count). The normalized spacial score (nSPS) is 24.0. The molecule has 7 heteroatoms. The monoisotopic (exact) mass is 433 g/mol. The second-order valence-electron chi connectivity index (χ2n) is 8.94. The second kappa shape index (κ2) is 10.2. The molecule has 2 aliphatic carbocycles. The zero-order valence-electron chi connectivity index (χ0n) is 18.1. The second-order valence-corrected chi connectivity index (χ2v) is 10.0. The van der Waals surface area contributed by atoms with Gasteiger partial charge < -0.3 is 15.4 Å². The molecule has 166 valence electrons. The molecule has 2 heterocycles. The summed E-state index contributed by atoms with van der Waals surface area (Å²) in [6, 6.07) is 0.562. The number of carbonyl (C=O) groups excluding carboxylic acids is 2. The Labute approximate surface area is 183 Å². The minimum absolute atomic E-state index is 0.0192. The molecule has 2 amide bonds. The molecule has 2 atom stereocenters. The molecule has 1 saturated carbocycles. The van der Waals surface area contributed by atoms with Crippen molar-refractivity contribution < 1.29 is 14.3 Å². The third-order valence-electron chi connectivity index (χ3n) is 6.95. The maximum atomic E-state index is 13.0. The van der Waals surface area contributed by atoms with Crippen LogP contribution in [0, 0.1) is 5.92 Å². The maximum absolute atomic E-state index is 13.0. The van der Waals surface area contributed by atoms with Crippen molar-refractivity contribution in [1.29, 1.82) is 0 Å². The third-order valence-corrected chi connectivity index (χ3v) is 8.16. The number of carbonyl (C=O) groups is 2. The molecule has 2 N–H and O–H groups in total. The average molecular weight is 434 g/mol. The van der Waals surface area contributed by atoms with Crippen LogP contribution in [0.25, 0.3) is 0 Å². The SMILES string of the molecule is COCCNC(=O)c1c(NC(=O)CN2CCC[C@H]3CCCC[C@@H]32)sc2c1CCCC2. The molecule has 1 aromatic heterocycles. The van der Waals surface area contributed by atoms with Gasteiger partial charge in [0.1, 0.15) is 5.00 Å². The van der Waals surface area contributed by atoms with Gasteiger partial charge in [-0.25, -0.2) is 0 Å².